The minimum Gasteiger partial charge on any atom is -0.387 e. The number of hydroxylamine groups is 2. The molecule has 1 amide bonds. The molecule has 0 aromatic heterocycles. The number of nitrogens with zero attached hydrogens (tertiary/aromatic N) is 3. The molecule has 3 aromatic rings. The molecule has 0 spiro atoms. The molecule has 12 heteroatoms. The van der Waals surface area contributed by atoms with Crippen molar-refractivity contribution in [3.63, 3.8) is 0 Å². The van der Waals surface area contributed by atoms with Gasteiger partial charge in [-0.3, -0.25) is 19.7 Å². The fraction of sp³-hybridized carbons (Fsp3) is 0.185. The molecule has 0 bridgehead atoms. The quantitative estimate of drug-likeness (QED) is 0.299. The third-order valence-corrected chi connectivity index (χ3v) is 6.86. The fourth-order valence-corrected chi connectivity index (χ4v) is 4.57. The van der Waals surface area contributed by atoms with E-state index in [-0.39, 0.29) is 35.4 Å². The maximum atomic E-state index is 13.4. The van der Waals surface area contributed by atoms with Gasteiger partial charge in [-0.05, 0) is 59.5 Å². The number of benzene rings is 3. The minimum atomic E-state index is -3.86. The van der Waals surface area contributed by atoms with Crippen LogP contribution in [-0.2, 0) is 26.3 Å². The summed E-state index contributed by atoms with van der Waals surface area (Å²) < 4.78 is 23.5. The maximum Gasteiger partial charge on any atom is 0.273 e. The van der Waals surface area contributed by atoms with Crippen molar-refractivity contribution < 1.29 is 23.0 Å². The highest BCUT2D eigenvalue weighted by atomic mass is 32.2. The Bertz CT molecular complexity index is 1580. The summed E-state index contributed by atoms with van der Waals surface area (Å²) in [4.78, 5) is 34.1. The lowest BCUT2D eigenvalue weighted by atomic mass is 10.0. The number of amides is 1. The van der Waals surface area contributed by atoms with Crippen LogP contribution in [0, 0.1) is 10.1 Å². The number of nitro benzene ring substituents is 1. The van der Waals surface area contributed by atoms with E-state index in [0.29, 0.717) is 46.5 Å². The van der Waals surface area contributed by atoms with E-state index in [4.69, 9.17) is 15.7 Å². The maximum absolute atomic E-state index is 13.4. The van der Waals surface area contributed by atoms with Crippen LogP contribution >= 0.6 is 0 Å². The second kappa shape index (κ2) is 11.6. The van der Waals surface area contributed by atoms with Crippen LogP contribution in [0.4, 0.5) is 11.4 Å². The molecule has 0 saturated carbocycles. The normalized spacial score (nSPS) is 13.1. The zero-order valence-corrected chi connectivity index (χ0v) is 21.9. The fourth-order valence-electron chi connectivity index (χ4n) is 4.01. The SMILES string of the molecule is CCCN(OCc1ccc([N+](=O)[O-])cc1)C(=O)C1=Cc2ccc(-c3cccc(S(N)(=O)=O)c3)cc2N=C(N)C1. The molecule has 1 aliphatic heterocycles. The summed E-state index contributed by atoms with van der Waals surface area (Å²) in [6.45, 7) is 2.29. The molecule has 0 unspecified atom stereocenters. The predicted octanol–water partition coefficient (Wildman–Crippen LogP) is 4.06. The van der Waals surface area contributed by atoms with Crippen molar-refractivity contribution in [3.8, 4) is 11.1 Å². The molecule has 11 nitrogen and oxygen atoms in total. The highest BCUT2D eigenvalue weighted by Crippen LogP contribution is 2.32. The topological polar surface area (TPSA) is 171 Å². The Hall–Kier alpha value is -4.39. The molecule has 1 aliphatic rings. The van der Waals surface area contributed by atoms with E-state index in [1.807, 2.05) is 6.92 Å². The Morgan fingerprint density at radius 2 is 1.82 bits per heavy atom. The van der Waals surface area contributed by atoms with Crippen LogP contribution in [0.1, 0.15) is 30.9 Å². The number of nitro groups is 1. The number of amidine groups is 1. The Morgan fingerprint density at radius 1 is 1.10 bits per heavy atom. The molecule has 202 valence electrons. The molecule has 0 aliphatic carbocycles. The molecule has 3 aromatic carbocycles. The van der Waals surface area contributed by atoms with Crippen LogP contribution in [0.2, 0.25) is 0 Å². The first-order chi connectivity index (χ1) is 18.5. The number of carbonyl (C=O) groups excluding carboxylic acids is 1. The van der Waals surface area contributed by atoms with Gasteiger partial charge in [0, 0.05) is 36.2 Å². The molecule has 4 N–H and O–H groups in total. The summed E-state index contributed by atoms with van der Waals surface area (Å²) >= 11 is 0. The molecule has 0 saturated heterocycles. The number of primary sulfonamides is 1. The van der Waals surface area contributed by atoms with Gasteiger partial charge in [0.25, 0.3) is 11.6 Å². The van der Waals surface area contributed by atoms with E-state index < -0.39 is 14.9 Å². The Labute approximate surface area is 225 Å². The third kappa shape index (κ3) is 6.74. The Morgan fingerprint density at radius 3 is 2.49 bits per heavy atom. The number of fused-ring (bicyclic) bond motifs is 1. The highest BCUT2D eigenvalue weighted by molar-refractivity contribution is 7.89. The lowest BCUT2D eigenvalue weighted by molar-refractivity contribution is -0.384. The number of hydrogen-bond donors (Lipinski definition) is 2. The van der Waals surface area contributed by atoms with E-state index in [1.54, 1.807) is 48.5 Å². The van der Waals surface area contributed by atoms with Gasteiger partial charge in [-0.15, -0.1) is 0 Å². The molecule has 1 heterocycles. The third-order valence-electron chi connectivity index (χ3n) is 5.95. The molecule has 0 radical (unpaired) electrons. The van der Waals surface area contributed by atoms with Crippen molar-refractivity contribution in [2.75, 3.05) is 6.54 Å². The summed E-state index contributed by atoms with van der Waals surface area (Å²) in [7, 11) is -3.86. The van der Waals surface area contributed by atoms with Gasteiger partial charge in [-0.25, -0.2) is 23.6 Å². The van der Waals surface area contributed by atoms with Crippen molar-refractivity contribution in [3.05, 3.63) is 93.5 Å². The number of sulfonamides is 1. The smallest absolute Gasteiger partial charge is 0.273 e. The number of carbonyl (C=O) groups is 1. The molecular formula is C27H27N5O6S. The minimum absolute atomic E-state index is 0.00419. The van der Waals surface area contributed by atoms with Gasteiger partial charge < -0.3 is 5.73 Å². The van der Waals surface area contributed by atoms with Gasteiger partial charge in [-0.1, -0.05) is 31.2 Å². The highest BCUT2D eigenvalue weighted by Gasteiger charge is 2.23. The lowest BCUT2D eigenvalue weighted by Crippen LogP contribution is -2.34. The van der Waals surface area contributed by atoms with E-state index in [9.17, 15) is 23.3 Å². The van der Waals surface area contributed by atoms with Gasteiger partial charge in [0.05, 0.1) is 15.5 Å². The van der Waals surface area contributed by atoms with Crippen molar-refractivity contribution >= 4 is 39.2 Å². The van der Waals surface area contributed by atoms with Crippen molar-refractivity contribution in [2.45, 2.75) is 31.3 Å². The number of aliphatic imine (C=N–C) groups is 1. The number of nitrogens with two attached hydrogens (primary N) is 2. The largest absolute Gasteiger partial charge is 0.387 e. The van der Waals surface area contributed by atoms with Crippen LogP contribution in [0.15, 0.2) is 82.2 Å². The van der Waals surface area contributed by atoms with Crippen LogP contribution in [0.5, 0.6) is 0 Å². The molecule has 4 rings (SSSR count). The van der Waals surface area contributed by atoms with E-state index >= 15 is 0 Å². The van der Waals surface area contributed by atoms with Crippen LogP contribution in [0.25, 0.3) is 17.2 Å². The molecule has 0 fully saturated rings. The van der Waals surface area contributed by atoms with Crippen molar-refractivity contribution in [1.29, 1.82) is 0 Å². The summed E-state index contributed by atoms with van der Waals surface area (Å²) in [5.41, 5.74) is 9.74. The number of non-ortho nitro benzene ring substituents is 1. The first-order valence-corrected chi connectivity index (χ1v) is 13.6. The van der Waals surface area contributed by atoms with Crippen LogP contribution < -0.4 is 10.9 Å². The number of hydrogen-bond acceptors (Lipinski definition) is 8. The Kier molecular flexibility index (Phi) is 8.19. The zero-order chi connectivity index (χ0) is 28.2. The lowest BCUT2D eigenvalue weighted by Gasteiger charge is -2.22. The second-order valence-corrected chi connectivity index (χ2v) is 10.5. The average molecular weight is 550 g/mol. The first kappa shape index (κ1) is 27.6. The van der Waals surface area contributed by atoms with E-state index in [1.165, 1.54) is 29.3 Å². The Balaban J connectivity index is 1.58. The molecule has 0 atom stereocenters. The monoisotopic (exact) mass is 549 g/mol. The zero-order valence-electron chi connectivity index (χ0n) is 21.1. The predicted molar refractivity (Wildman–Crippen MR) is 147 cm³/mol. The van der Waals surface area contributed by atoms with Gasteiger partial charge >= 0.3 is 0 Å². The van der Waals surface area contributed by atoms with Crippen molar-refractivity contribution in [2.24, 2.45) is 15.9 Å². The van der Waals surface area contributed by atoms with Crippen LogP contribution in [-0.4, -0.2) is 36.7 Å². The van der Waals surface area contributed by atoms with E-state index in [2.05, 4.69) is 4.99 Å². The summed E-state index contributed by atoms with van der Waals surface area (Å²) in [6.07, 6.45) is 2.45. The summed E-state index contributed by atoms with van der Waals surface area (Å²) in [6, 6.07) is 17.5. The second-order valence-electron chi connectivity index (χ2n) is 8.90. The van der Waals surface area contributed by atoms with Gasteiger partial charge in [0.2, 0.25) is 10.0 Å². The van der Waals surface area contributed by atoms with Gasteiger partial charge in [0.15, 0.2) is 0 Å². The molecule has 39 heavy (non-hydrogen) atoms. The van der Waals surface area contributed by atoms with Gasteiger partial charge in [-0.2, -0.15) is 0 Å². The average Bonchev–Trinajstić information content (AvgIpc) is 3.08. The summed E-state index contributed by atoms with van der Waals surface area (Å²) in [5, 5.41) is 17.4. The van der Waals surface area contributed by atoms with Crippen LogP contribution in [0.3, 0.4) is 0 Å². The van der Waals surface area contributed by atoms with Gasteiger partial charge in [0.1, 0.15) is 12.4 Å². The first-order valence-electron chi connectivity index (χ1n) is 12.0. The van der Waals surface area contributed by atoms with Crippen molar-refractivity contribution in [1.82, 2.24) is 5.06 Å². The standard InChI is InChI=1S/C27H27N5O6S/c1-2-12-31(38-17-18-6-10-23(11-7-18)32(34)35)27(33)22-13-21-9-8-20(15-25(21)30-26(28)16-22)19-4-3-5-24(14-19)39(29,36)37/h3-11,13-15H,2,12,16-17H2,1H3,(H2,28,30)(H2,29,36,37). The summed E-state index contributed by atoms with van der Waals surface area (Å²) in [5.74, 6) is -0.134. The van der Waals surface area contributed by atoms with E-state index in [0.717, 1.165) is 0 Å². The number of rotatable bonds is 9. The molecular weight excluding hydrogens is 522 g/mol.